The Morgan fingerprint density at radius 1 is 1.44 bits per heavy atom. The maximum Gasteiger partial charge on any atom is 0.418 e. The predicted octanol–water partition coefficient (Wildman–Crippen LogP) is 2.07. The Labute approximate surface area is 87.0 Å². The molecule has 2 N–H and O–H groups in total. The van der Waals surface area contributed by atoms with Gasteiger partial charge >= 0.3 is 6.18 Å². The molecule has 0 amide bonds. The summed E-state index contributed by atoms with van der Waals surface area (Å²) in [5.74, 6) is 0. The molecule has 84 valence electrons. The van der Waals surface area contributed by atoms with E-state index in [0.29, 0.717) is 12.1 Å². The number of nitro benzene ring substituents is 1. The summed E-state index contributed by atoms with van der Waals surface area (Å²) >= 11 is 0. The van der Waals surface area contributed by atoms with E-state index >= 15 is 0 Å². The molecule has 0 atom stereocenters. The van der Waals surface area contributed by atoms with Crippen molar-refractivity contribution in [3.63, 3.8) is 0 Å². The van der Waals surface area contributed by atoms with E-state index in [9.17, 15) is 23.3 Å². The van der Waals surface area contributed by atoms with E-state index in [4.69, 9.17) is 11.0 Å². The van der Waals surface area contributed by atoms with Crippen molar-refractivity contribution < 1.29 is 18.1 Å². The van der Waals surface area contributed by atoms with Crippen molar-refractivity contribution in [3.8, 4) is 6.07 Å². The molecule has 0 fully saturated rings. The minimum atomic E-state index is -4.83. The number of anilines is 1. The van der Waals surface area contributed by atoms with Gasteiger partial charge in [-0.2, -0.15) is 18.4 Å². The molecule has 5 nitrogen and oxygen atoms in total. The number of nitrogens with zero attached hydrogens (tertiary/aromatic N) is 2. The van der Waals surface area contributed by atoms with Gasteiger partial charge in [-0.3, -0.25) is 10.1 Å². The largest absolute Gasteiger partial charge is 0.418 e. The van der Waals surface area contributed by atoms with Crippen LogP contribution < -0.4 is 5.73 Å². The third-order valence-electron chi connectivity index (χ3n) is 1.79. The van der Waals surface area contributed by atoms with Crippen LogP contribution in [0.15, 0.2) is 12.1 Å². The number of nitriles is 1. The Bertz CT molecular complexity index is 491. The molecule has 0 aliphatic rings. The van der Waals surface area contributed by atoms with E-state index in [1.54, 1.807) is 0 Å². The zero-order chi connectivity index (χ0) is 12.5. The van der Waals surface area contributed by atoms with Crippen molar-refractivity contribution in [1.82, 2.24) is 0 Å². The Morgan fingerprint density at radius 2 is 2.00 bits per heavy atom. The maximum absolute atomic E-state index is 12.4. The molecule has 8 heteroatoms. The first-order valence-corrected chi connectivity index (χ1v) is 3.82. The molecule has 1 aromatic carbocycles. The van der Waals surface area contributed by atoms with Crippen LogP contribution in [0.2, 0.25) is 0 Å². The van der Waals surface area contributed by atoms with Gasteiger partial charge < -0.3 is 5.73 Å². The van der Waals surface area contributed by atoms with Gasteiger partial charge in [0.2, 0.25) is 0 Å². The minimum absolute atomic E-state index is 0.465. The quantitative estimate of drug-likeness (QED) is 0.454. The van der Waals surface area contributed by atoms with E-state index in [0.717, 1.165) is 0 Å². The number of alkyl halides is 3. The summed E-state index contributed by atoms with van der Waals surface area (Å²) in [5.41, 5.74) is 1.27. The van der Waals surface area contributed by atoms with Crippen molar-refractivity contribution in [1.29, 1.82) is 5.26 Å². The second kappa shape index (κ2) is 3.69. The summed E-state index contributed by atoms with van der Waals surface area (Å²) in [5, 5.41) is 18.9. The highest BCUT2D eigenvalue weighted by Gasteiger charge is 2.36. The first kappa shape index (κ1) is 11.8. The zero-order valence-electron chi connectivity index (χ0n) is 7.58. The fourth-order valence-corrected chi connectivity index (χ4v) is 1.09. The van der Waals surface area contributed by atoms with Gasteiger partial charge in [-0.05, 0) is 6.07 Å². The van der Waals surface area contributed by atoms with Crippen LogP contribution in [-0.4, -0.2) is 4.92 Å². The van der Waals surface area contributed by atoms with Crippen molar-refractivity contribution in [2.45, 2.75) is 6.18 Å². The zero-order valence-corrected chi connectivity index (χ0v) is 7.58. The lowest BCUT2D eigenvalue weighted by atomic mass is 10.1. The van der Waals surface area contributed by atoms with E-state index in [-0.39, 0.29) is 0 Å². The summed E-state index contributed by atoms with van der Waals surface area (Å²) in [6, 6.07) is 2.58. The van der Waals surface area contributed by atoms with E-state index < -0.39 is 33.6 Å². The Balaban J connectivity index is 3.58. The van der Waals surface area contributed by atoms with Gasteiger partial charge in [0, 0.05) is 6.07 Å². The van der Waals surface area contributed by atoms with Crippen LogP contribution in [0, 0.1) is 21.4 Å². The van der Waals surface area contributed by atoms with Crippen molar-refractivity contribution in [2.75, 3.05) is 5.73 Å². The molecule has 1 rings (SSSR count). The van der Waals surface area contributed by atoms with Gasteiger partial charge in [0.15, 0.2) is 0 Å². The molecule has 0 spiro atoms. The smallest absolute Gasteiger partial charge is 0.393 e. The standard InChI is InChI=1S/C8H4F3N3O2/c9-8(10,11)5-1-4(3-12)2-6(7(5)13)14(15)16/h1-2H,13H2. The number of hydrogen-bond donors (Lipinski definition) is 1. The van der Waals surface area contributed by atoms with Crippen molar-refractivity contribution in [3.05, 3.63) is 33.4 Å². The van der Waals surface area contributed by atoms with Crippen molar-refractivity contribution >= 4 is 11.4 Å². The molecule has 0 saturated carbocycles. The molecular formula is C8H4F3N3O2. The number of rotatable bonds is 1. The number of halogens is 3. The van der Waals surface area contributed by atoms with Crippen LogP contribution in [-0.2, 0) is 6.18 Å². The summed E-state index contributed by atoms with van der Waals surface area (Å²) in [7, 11) is 0. The van der Waals surface area contributed by atoms with Crippen LogP contribution in [0.25, 0.3) is 0 Å². The van der Waals surface area contributed by atoms with Crippen LogP contribution in [0.3, 0.4) is 0 Å². The van der Waals surface area contributed by atoms with Gasteiger partial charge in [-0.25, -0.2) is 0 Å². The summed E-state index contributed by atoms with van der Waals surface area (Å²) < 4.78 is 37.2. The van der Waals surface area contributed by atoms with Gasteiger partial charge in [0.25, 0.3) is 5.69 Å². The molecule has 0 heterocycles. The van der Waals surface area contributed by atoms with Gasteiger partial charge in [0.05, 0.1) is 22.1 Å². The van der Waals surface area contributed by atoms with Crippen LogP contribution in [0.5, 0.6) is 0 Å². The lowest BCUT2D eigenvalue weighted by Gasteiger charge is -2.09. The number of nitrogens with two attached hydrogens (primary N) is 1. The number of nitro groups is 1. The maximum atomic E-state index is 12.4. The third kappa shape index (κ3) is 2.03. The summed E-state index contributed by atoms with van der Waals surface area (Å²) in [4.78, 5) is 9.35. The second-order valence-electron chi connectivity index (χ2n) is 2.82. The average molecular weight is 231 g/mol. The summed E-state index contributed by atoms with van der Waals surface area (Å²) in [6.45, 7) is 0. The number of hydrogen-bond acceptors (Lipinski definition) is 4. The van der Waals surface area contributed by atoms with E-state index in [1.165, 1.54) is 6.07 Å². The minimum Gasteiger partial charge on any atom is -0.393 e. The second-order valence-corrected chi connectivity index (χ2v) is 2.82. The fourth-order valence-electron chi connectivity index (χ4n) is 1.09. The highest BCUT2D eigenvalue weighted by atomic mass is 19.4. The molecule has 0 radical (unpaired) electrons. The SMILES string of the molecule is N#Cc1cc([N+](=O)[O-])c(N)c(C(F)(F)F)c1. The monoisotopic (exact) mass is 231 g/mol. The van der Waals surface area contributed by atoms with E-state index in [1.807, 2.05) is 0 Å². The summed E-state index contributed by atoms with van der Waals surface area (Å²) in [6.07, 6.45) is -4.83. The Morgan fingerprint density at radius 3 is 2.38 bits per heavy atom. The molecule has 1 aromatic rings. The van der Waals surface area contributed by atoms with Gasteiger partial charge in [-0.1, -0.05) is 0 Å². The topological polar surface area (TPSA) is 92.9 Å². The van der Waals surface area contributed by atoms with Gasteiger partial charge in [-0.15, -0.1) is 0 Å². The predicted molar refractivity (Wildman–Crippen MR) is 47.2 cm³/mol. The highest BCUT2D eigenvalue weighted by Crippen LogP contribution is 2.38. The number of nitrogen functional groups attached to an aromatic ring is 1. The molecular weight excluding hydrogens is 227 g/mol. The number of benzene rings is 1. The molecule has 0 aliphatic carbocycles. The normalized spacial score (nSPS) is 10.9. The first-order chi connectivity index (χ1) is 7.27. The van der Waals surface area contributed by atoms with Crippen LogP contribution >= 0.6 is 0 Å². The fraction of sp³-hybridized carbons (Fsp3) is 0.125. The third-order valence-corrected chi connectivity index (χ3v) is 1.79. The highest BCUT2D eigenvalue weighted by molar-refractivity contribution is 5.67. The molecule has 0 aliphatic heterocycles. The Hall–Kier alpha value is -2.30. The molecule has 0 bridgehead atoms. The van der Waals surface area contributed by atoms with Gasteiger partial charge in [0.1, 0.15) is 5.69 Å². The van der Waals surface area contributed by atoms with E-state index in [2.05, 4.69) is 0 Å². The lowest BCUT2D eigenvalue weighted by Crippen LogP contribution is -2.11. The Kier molecular flexibility index (Phi) is 2.72. The molecule has 0 aromatic heterocycles. The van der Waals surface area contributed by atoms with Crippen LogP contribution in [0.4, 0.5) is 24.5 Å². The molecule has 16 heavy (non-hydrogen) atoms. The van der Waals surface area contributed by atoms with Crippen molar-refractivity contribution in [2.24, 2.45) is 0 Å². The lowest BCUT2D eigenvalue weighted by molar-refractivity contribution is -0.384. The molecule has 0 unspecified atom stereocenters. The first-order valence-electron chi connectivity index (χ1n) is 3.82. The van der Waals surface area contributed by atoms with Crippen LogP contribution in [0.1, 0.15) is 11.1 Å². The average Bonchev–Trinajstić information content (AvgIpc) is 2.15. The molecule has 0 saturated heterocycles.